The summed E-state index contributed by atoms with van der Waals surface area (Å²) < 4.78 is 0.645. The highest BCUT2D eigenvalue weighted by Crippen LogP contribution is 2.39. The van der Waals surface area contributed by atoms with Crippen molar-refractivity contribution in [2.45, 2.75) is 18.9 Å². The van der Waals surface area contributed by atoms with Crippen molar-refractivity contribution < 1.29 is 14.7 Å². The molecule has 1 amide bonds. The molecule has 1 aliphatic rings. The number of halogens is 1. The Morgan fingerprint density at radius 3 is 2.73 bits per heavy atom. The Balaban J connectivity index is 1.98. The van der Waals surface area contributed by atoms with E-state index in [1.807, 2.05) is 13.0 Å². The van der Waals surface area contributed by atoms with Gasteiger partial charge in [-0.1, -0.05) is 51.8 Å². The van der Waals surface area contributed by atoms with Crippen molar-refractivity contribution in [3.05, 3.63) is 63.6 Å². The maximum absolute atomic E-state index is 12.5. The summed E-state index contributed by atoms with van der Waals surface area (Å²) in [4.78, 5) is 24.7. The van der Waals surface area contributed by atoms with Crippen LogP contribution in [0.4, 0.5) is 5.69 Å². The first-order chi connectivity index (χ1) is 10.4. The van der Waals surface area contributed by atoms with Crippen molar-refractivity contribution in [1.82, 2.24) is 0 Å². The molecule has 112 valence electrons. The molecule has 1 atom stereocenters. The smallest absolute Gasteiger partial charge is 0.261 e. The number of nitrogens with one attached hydrogen (secondary N) is 1. The van der Waals surface area contributed by atoms with Crippen molar-refractivity contribution in [2.24, 2.45) is 0 Å². The SMILES string of the molecule is Cc1ccc2c(c1)C(O)(CC(=O)c1ccccc1Br)C(=O)N2. The van der Waals surface area contributed by atoms with E-state index in [4.69, 9.17) is 0 Å². The number of aliphatic hydroxyl groups is 1. The lowest BCUT2D eigenvalue weighted by Crippen LogP contribution is -2.36. The fourth-order valence-corrected chi connectivity index (χ4v) is 3.15. The van der Waals surface area contributed by atoms with Crippen LogP contribution in [-0.4, -0.2) is 16.8 Å². The number of amides is 1. The number of rotatable bonds is 3. The van der Waals surface area contributed by atoms with Gasteiger partial charge in [0.15, 0.2) is 11.4 Å². The van der Waals surface area contributed by atoms with Gasteiger partial charge >= 0.3 is 0 Å². The summed E-state index contributed by atoms with van der Waals surface area (Å²) in [6, 6.07) is 12.3. The summed E-state index contributed by atoms with van der Waals surface area (Å²) in [5.74, 6) is -0.854. The Bertz CT molecular complexity index is 787. The van der Waals surface area contributed by atoms with Gasteiger partial charge in [-0.15, -0.1) is 0 Å². The molecule has 0 spiro atoms. The molecule has 2 N–H and O–H groups in total. The van der Waals surface area contributed by atoms with Gasteiger partial charge in [-0.2, -0.15) is 0 Å². The number of anilines is 1. The monoisotopic (exact) mass is 359 g/mol. The average Bonchev–Trinajstić information content (AvgIpc) is 2.71. The van der Waals surface area contributed by atoms with Gasteiger partial charge in [-0.25, -0.2) is 0 Å². The predicted molar refractivity (Wildman–Crippen MR) is 86.8 cm³/mol. The molecule has 1 heterocycles. The van der Waals surface area contributed by atoms with E-state index in [1.54, 1.807) is 36.4 Å². The van der Waals surface area contributed by atoms with Crippen molar-refractivity contribution in [1.29, 1.82) is 0 Å². The second-order valence-corrected chi connectivity index (χ2v) is 6.30. The van der Waals surface area contributed by atoms with Crippen LogP contribution in [0.1, 0.15) is 27.9 Å². The number of fused-ring (bicyclic) bond motifs is 1. The van der Waals surface area contributed by atoms with E-state index in [1.165, 1.54) is 0 Å². The van der Waals surface area contributed by atoms with Crippen LogP contribution in [-0.2, 0) is 10.4 Å². The van der Waals surface area contributed by atoms with E-state index < -0.39 is 11.5 Å². The largest absolute Gasteiger partial charge is 0.375 e. The molecule has 2 aromatic carbocycles. The molecule has 0 aliphatic carbocycles. The molecular formula is C17H14BrNO3. The predicted octanol–water partition coefficient (Wildman–Crippen LogP) is 3.17. The van der Waals surface area contributed by atoms with E-state index in [9.17, 15) is 14.7 Å². The standard InChI is InChI=1S/C17H14BrNO3/c1-10-6-7-14-12(8-10)17(22,16(21)19-14)9-15(20)11-4-2-3-5-13(11)18/h2-8,22H,9H2,1H3,(H,19,21). The Hall–Kier alpha value is -1.98. The number of carbonyl (C=O) groups is 2. The summed E-state index contributed by atoms with van der Waals surface area (Å²) in [6.07, 6.45) is -0.294. The lowest BCUT2D eigenvalue weighted by molar-refractivity contribution is -0.133. The zero-order chi connectivity index (χ0) is 15.9. The molecule has 3 rings (SSSR count). The molecule has 0 radical (unpaired) electrons. The minimum absolute atomic E-state index is 0.292. The molecule has 2 aromatic rings. The zero-order valence-corrected chi connectivity index (χ0v) is 13.5. The van der Waals surface area contributed by atoms with Gasteiger partial charge < -0.3 is 10.4 Å². The molecule has 1 aliphatic heterocycles. The van der Waals surface area contributed by atoms with Crippen LogP contribution in [0.5, 0.6) is 0 Å². The fourth-order valence-electron chi connectivity index (χ4n) is 2.65. The zero-order valence-electron chi connectivity index (χ0n) is 11.9. The highest BCUT2D eigenvalue weighted by atomic mass is 79.9. The van der Waals surface area contributed by atoms with Gasteiger partial charge in [0.25, 0.3) is 5.91 Å². The first kappa shape index (κ1) is 14.9. The van der Waals surface area contributed by atoms with E-state index >= 15 is 0 Å². The minimum atomic E-state index is -1.83. The third-order valence-corrected chi connectivity index (χ3v) is 4.53. The van der Waals surface area contributed by atoms with Gasteiger partial charge in [0.05, 0.1) is 6.42 Å². The van der Waals surface area contributed by atoms with Crippen molar-refractivity contribution in [3.8, 4) is 0 Å². The molecule has 0 fully saturated rings. The summed E-state index contributed by atoms with van der Waals surface area (Å²) >= 11 is 3.32. The van der Waals surface area contributed by atoms with Crippen LogP contribution in [0.2, 0.25) is 0 Å². The van der Waals surface area contributed by atoms with Gasteiger partial charge in [0.1, 0.15) is 0 Å². The summed E-state index contributed by atoms with van der Waals surface area (Å²) in [5.41, 5.74) is 0.552. The minimum Gasteiger partial charge on any atom is -0.375 e. The number of aryl methyl sites for hydroxylation is 1. The number of Topliss-reactive ketones (excluding diaryl/α,β-unsaturated/α-hetero) is 1. The number of benzene rings is 2. The van der Waals surface area contributed by atoms with Gasteiger partial charge in [-0.05, 0) is 19.1 Å². The normalized spacial score (nSPS) is 19.7. The topological polar surface area (TPSA) is 66.4 Å². The fraction of sp³-hybridized carbons (Fsp3) is 0.176. The Morgan fingerprint density at radius 1 is 1.27 bits per heavy atom. The van der Waals surface area contributed by atoms with E-state index in [0.29, 0.717) is 21.3 Å². The first-order valence-electron chi connectivity index (χ1n) is 6.84. The molecule has 4 nitrogen and oxygen atoms in total. The van der Waals surface area contributed by atoms with Crippen LogP contribution in [0.3, 0.4) is 0 Å². The van der Waals surface area contributed by atoms with Gasteiger partial charge in [-0.3, -0.25) is 9.59 Å². The molecule has 5 heteroatoms. The summed E-state index contributed by atoms with van der Waals surface area (Å²) in [5, 5.41) is 13.4. The maximum atomic E-state index is 12.5. The molecule has 0 saturated carbocycles. The molecule has 0 aromatic heterocycles. The summed E-state index contributed by atoms with van der Waals surface area (Å²) in [7, 11) is 0. The average molecular weight is 360 g/mol. The lowest BCUT2D eigenvalue weighted by Gasteiger charge is -2.20. The van der Waals surface area contributed by atoms with Crippen LogP contribution in [0, 0.1) is 6.92 Å². The van der Waals surface area contributed by atoms with Crippen LogP contribution < -0.4 is 5.32 Å². The Morgan fingerprint density at radius 2 is 2.00 bits per heavy atom. The second-order valence-electron chi connectivity index (χ2n) is 5.44. The third-order valence-electron chi connectivity index (χ3n) is 3.84. The number of hydrogen-bond donors (Lipinski definition) is 2. The second kappa shape index (κ2) is 5.34. The molecule has 22 heavy (non-hydrogen) atoms. The molecule has 0 bridgehead atoms. The van der Waals surface area contributed by atoms with Crippen LogP contribution >= 0.6 is 15.9 Å². The quantitative estimate of drug-likeness (QED) is 0.827. The number of ketones is 1. The molecule has 0 saturated heterocycles. The number of hydrogen-bond acceptors (Lipinski definition) is 3. The van der Waals surface area contributed by atoms with Crippen molar-refractivity contribution in [2.75, 3.05) is 5.32 Å². The Labute approximate surface area is 136 Å². The first-order valence-corrected chi connectivity index (χ1v) is 7.64. The Kier molecular flexibility index (Phi) is 3.62. The van der Waals surface area contributed by atoms with Gasteiger partial charge in [0.2, 0.25) is 0 Å². The summed E-state index contributed by atoms with van der Waals surface area (Å²) in [6.45, 7) is 1.87. The van der Waals surface area contributed by atoms with Crippen molar-refractivity contribution in [3.63, 3.8) is 0 Å². The molecule has 1 unspecified atom stereocenters. The molecular weight excluding hydrogens is 346 g/mol. The van der Waals surface area contributed by atoms with E-state index in [0.717, 1.165) is 5.56 Å². The number of carbonyl (C=O) groups excluding carboxylic acids is 2. The lowest BCUT2D eigenvalue weighted by atomic mass is 9.87. The van der Waals surface area contributed by atoms with E-state index in [2.05, 4.69) is 21.2 Å². The van der Waals surface area contributed by atoms with Gasteiger partial charge in [0, 0.05) is 21.3 Å². The highest BCUT2D eigenvalue weighted by Gasteiger charge is 2.46. The maximum Gasteiger partial charge on any atom is 0.261 e. The highest BCUT2D eigenvalue weighted by molar-refractivity contribution is 9.10. The van der Waals surface area contributed by atoms with Crippen LogP contribution in [0.15, 0.2) is 46.9 Å². The van der Waals surface area contributed by atoms with E-state index in [-0.39, 0.29) is 12.2 Å². The third kappa shape index (κ3) is 2.36. The van der Waals surface area contributed by atoms with Crippen molar-refractivity contribution >= 4 is 33.3 Å². The van der Waals surface area contributed by atoms with Crippen LogP contribution in [0.25, 0.3) is 0 Å².